The summed E-state index contributed by atoms with van der Waals surface area (Å²) in [5, 5.41) is 2.94. The van der Waals surface area contributed by atoms with Gasteiger partial charge in [-0.3, -0.25) is 4.79 Å². The van der Waals surface area contributed by atoms with Crippen LogP contribution >= 0.6 is 0 Å². The van der Waals surface area contributed by atoms with Gasteiger partial charge in [-0.15, -0.1) is 0 Å². The number of nitrogens with two attached hydrogens (primary N) is 1. The molecule has 0 radical (unpaired) electrons. The number of carbonyl (C=O) groups is 1. The van der Waals surface area contributed by atoms with E-state index in [-0.39, 0.29) is 12.0 Å². The van der Waals surface area contributed by atoms with Gasteiger partial charge in [0.2, 0.25) is 5.91 Å². The molecule has 2 unspecified atom stereocenters. The summed E-state index contributed by atoms with van der Waals surface area (Å²) in [5.74, 6) is 0.0290. The van der Waals surface area contributed by atoms with Gasteiger partial charge in [0.25, 0.3) is 0 Å². The minimum atomic E-state index is 0.0290. The van der Waals surface area contributed by atoms with Gasteiger partial charge >= 0.3 is 0 Å². The fourth-order valence-corrected chi connectivity index (χ4v) is 2.78. The second-order valence-corrected chi connectivity index (χ2v) is 5.79. The molecule has 5 nitrogen and oxygen atoms in total. The highest BCUT2D eigenvalue weighted by atomic mass is 16.5. The molecule has 0 aromatic heterocycles. The summed E-state index contributed by atoms with van der Waals surface area (Å²) in [5.41, 5.74) is 8.23. The Kier molecular flexibility index (Phi) is 5.20. The first-order chi connectivity index (χ1) is 9.97. The number of aryl methyl sites for hydroxylation is 1. The Labute approximate surface area is 126 Å². The number of rotatable bonds is 5. The van der Waals surface area contributed by atoms with Crippen molar-refractivity contribution in [1.82, 2.24) is 4.90 Å². The van der Waals surface area contributed by atoms with Crippen LogP contribution in [0.2, 0.25) is 0 Å². The summed E-state index contributed by atoms with van der Waals surface area (Å²) in [7, 11) is 2.05. The third-order valence-electron chi connectivity index (χ3n) is 4.12. The molecule has 3 N–H and O–H groups in total. The highest BCUT2D eigenvalue weighted by Crippen LogP contribution is 2.19. The van der Waals surface area contributed by atoms with Crippen LogP contribution in [0.15, 0.2) is 18.2 Å². The van der Waals surface area contributed by atoms with E-state index in [1.54, 1.807) is 6.07 Å². The quantitative estimate of drug-likeness (QED) is 0.814. The van der Waals surface area contributed by atoms with Crippen LogP contribution in [0.5, 0.6) is 0 Å². The number of likely N-dealkylation sites (N-methyl/N-ethyl adjacent to an activating group) is 1. The molecule has 0 aliphatic carbocycles. The molecule has 2 rings (SSSR count). The molecule has 21 heavy (non-hydrogen) atoms. The summed E-state index contributed by atoms with van der Waals surface area (Å²) in [4.78, 5) is 14.3. The minimum absolute atomic E-state index is 0.0290. The van der Waals surface area contributed by atoms with Gasteiger partial charge < -0.3 is 20.7 Å². The average Bonchev–Trinajstić information content (AvgIpc) is 2.85. The molecule has 2 atom stereocenters. The zero-order valence-corrected chi connectivity index (χ0v) is 13.1. The second-order valence-electron chi connectivity index (χ2n) is 5.79. The van der Waals surface area contributed by atoms with Crippen LogP contribution in [-0.2, 0) is 9.53 Å². The largest absolute Gasteiger partial charge is 0.399 e. The van der Waals surface area contributed by atoms with Gasteiger partial charge in [-0.25, -0.2) is 0 Å². The third kappa shape index (κ3) is 4.19. The molecule has 5 heteroatoms. The van der Waals surface area contributed by atoms with Crippen molar-refractivity contribution in [3.8, 4) is 0 Å². The van der Waals surface area contributed by atoms with Gasteiger partial charge in [-0.1, -0.05) is 0 Å². The smallest absolute Gasteiger partial charge is 0.225 e. The van der Waals surface area contributed by atoms with Gasteiger partial charge in [0, 0.05) is 37.0 Å². The Morgan fingerprint density at radius 3 is 2.90 bits per heavy atom. The Hall–Kier alpha value is -1.59. The summed E-state index contributed by atoms with van der Waals surface area (Å²) < 4.78 is 5.56. The molecule has 0 bridgehead atoms. The molecular formula is C16H25N3O2. The maximum absolute atomic E-state index is 12.1. The number of benzene rings is 1. The zero-order chi connectivity index (χ0) is 15.4. The van der Waals surface area contributed by atoms with Gasteiger partial charge in [0.1, 0.15) is 0 Å². The van der Waals surface area contributed by atoms with Crippen molar-refractivity contribution >= 4 is 17.3 Å². The molecule has 1 aliphatic heterocycles. The van der Waals surface area contributed by atoms with Crippen molar-refractivity contribution in [3.63, 3.8) is 0 Å². The molecule has 1 fully saturated rings. The van der Waals surface area contributed by atoms with Crippen LogP contribution in [0, 0.1) is 6.92 Å². The Morgan fingerprint density at radius 1 is 1.52 bits per heavy atom. The monoisotopic (exact) mass is 291 g/mol. The normalized spacial score (nSPS) is 21.7. The van der Waals surface area contributed by atoms with E-state index in [1.807, 2.05) is 19.1 Å². The standard InChI is InChI=1S/C16H25N3O2/c1-11-10-13(17)4-5-14(11)18-16(20)6-8-19(3)15-7-9-21-12(15)2/h4-5,10,12,15H,6-9,17H2,1-3H3,(H,18,20). The van der Waals surface area contributed by atoms with Crippen molar-refractivity contribution in [2.24, 2.45) is 0 Å². The molecule has 1 heterocycles. The molecule has 1 saturated heterocycles. The van der Waals surface area contributed by atoms with E-state index in [1.165, 1.54) is 0 Å². The van der Waals surface area contributed by atoms with Gasteiger partial charge in [0.15, 0.2) is 0 Å². The number of hydrogen-bond acceptors (Lipinski definition) is 4. The van der Waals surface area contributed by atoms with Crippen molar-refractivity contribution in [2.45, 2.75) is 38.8 Å². The van der Waals surface area contributed by atoms with Gasteiger partial charge in [-0.2, -0.15) is 0 Å². The van der Waals surface area contributed by atoms with E-state index in [0.717, 1.165) is 30.8 Å². The molecule has 116 valence electrons. The lowest BCUT2D eigenvalue weighted by molar-refractivity contribution is -0.116. The first-order valence-electron chi connectivity index (χ1n) is 7.45. The number of carbonyl (C=O) groups excluding carboxylic acids is 1. The predicted molar refractivity (Wildman–Crippen MR) is 85.3 cm³/mol. The molecule has 1 aromatic carbocycles. The molecule has 1 amide bonds. The van der Waals surface area contributed by atoms with Crippen molar-refractivity contribution in [1.29, 1.82) is 0 Å². The van der Waals surface area contributed by atoms with Crippen LogP contribution in [0.4, 0.5) is 11.4 Å². The topological polar surface area (TPSA) is 67.6 Å². The summed E-state index contributed by atoms with van der Waals surface area (Å²) in [6, 6.07) is 5.92. The van der Waals surface area contributed by atoms with Crippen LogP contribution in [0.1, 0.15) is 25.3 Å². The highest BCUT2D eigenvalue weighted by molar-refractivity contribution is 5.91. The van der Waals surface area contributed by atoms with Crippen LogP contribution in [-0.4, -0.2) is 43.2 Å². The van der Waals surface area contributed by atoms with Crippen LogP contribution in [0.25, 0.3) is 0 Å². The van der Waals surface area contributed by atoms with Crippen molar-refractivity contribution in [2.75, 3.05) is 31.2 Å². The van der Waals surface area contributed by atoms with E-state index in [2.05, 4.69) is 24.2 Å². The van der Waals surface area contributed by atoms with Crippen LogP contribution < -0.4 is 11.1 Å². The maximum atomic E-state index is 12.1. The van der Waals surface area contributed by atoms with E-state index < -0.39 is 0 Å². The summed E-state index contributed by atoms with van der Waals surface area (Å²) >= 11 is 0. The molecule has 1 aliphatic rings. The predicted octanol–water partition coefficient (Wildman–Crippen LogP) is 2.02. The Balaban J connectivity index is 1.82. The second kappa shape index (κ2) is 6.91. The number of amides is 1. The van der Waals surface area contributed by atoms with E-state index >= 15 is 0 Å². The SMILES string of the molecule is Cc1cc(N)ccc1NC(=O)CCN(C)C1CCOC1C. The summed E-state index contributed by atoms with van der Waals surface area (Å²) in [6.07, 6.45) is 1.76. The summed E-state index contributed by atoms with van der Waals surface area (Å²) in [6.45, 7) is 5.58. The first kappa shape index (κ1) is 15.8. The number of nitrogen functional groups attached to an aromatic ring is 1. The Bertz CT molecular complexity index is 504. The average molecular weight is 291 g/mol. The number of hydrogen-bond donors (Lipinski definition) is 2. The fourth-order valence-electron chi connectivity index (χ4n) is 2.78. The number of nitrogens with one attached hydrogen (secondary N) is 1. The van der Waals surface area contributed by atoms with Gasteiger partial charge in [-0.05, 0) is 51.1 Å². The van der Waals surface area contributed by atoms with E-state index in [0.29, 0.717) is 18.2 Å². The zero-order valence-electron chi connectivity index (χ0n) is 13.1. The first-order valence-corrected chi connectivity index (χ1v) is 7.45. The Morgan fingerprint density at radius 2 is 2.29 bits per heavy atom. The number of anilines is 2. The van der Waals surface area contributed by atoms with Crippen molar-refractivity contribution < 1.29 is 9.53 Å². The number of ether oxygens (including phenoxy) is 1. The maximum Gasteiger partial charge on any atom is 0.225 e. The lowest BCUT2D eigenvalue weighted by Crippen LogP contribution is -2.38. The molecule has 0 saturated carbocycles. The lowest BCUT2D eigenvalue weighted by Gasteiger charge is -2.26. The number of nitrogens with zero attached hydrogens (tertiary/aromatic N) is 1. The van der Waals surface area contributed by atoms with Gasteiger partial charge in [0.05, 0.1) is 6.10 Å². The molecule has 0 spiro atoms. The molecule has 1 aromatic rings. The highest BCUT2D eigenvalue weighted by Gasteiger charge is 2.27. The van der Waals surface area contributed by atoms with Crippen molar-refractivity contribution in [3.05, 3.63) is 23.8 Å². The fraction of sp³-hybridized carbons (Fsp3) is 0.562. The van der Waals surface area contributed by atoms with Crippen LogP contribution in [0.3, 0.4) is 0 Å². The molecular weight excluding hydrogens is 266 g/mol. The lowest BCUT2D eigenvalue weighted by atomic mass is 10.1. The third-order valence-corrected chi connectivity index (χ3v) is 4.12. The van der Waals surface area contributed by atoms with E-state index in [4.69, 9.17) is 10.5 Å². The van der Waals surface area contributed by atoms with E-state index in [9.17, 15) is 4.79 Å². The minimum Gasteiger partial charge on any atom is -0.399 e.